The van der Waals surface area contributed by atoms with Crippen LogP contribution in [0.15, 0.2) is 72.8 Å². The highest BCUT2D eigenvalue weighted by Gasteiger charge is 2.51. The first kappa shape index (κ1) is 30.2. The van der Waals surface area contributed by atoms with E-state index >= 15 is 0 Å². The Morgan fingerprint density at radius 3 is 1.88 bits per heavy atom. The van der Waals surface area contributed by atoms with Crippen LogP contribution in [0, 0.1) is 11.8 Å². The average Bonchev–Trinajstić information content (AvgIpc) is 3.38. The SMILES string of the molecule is CC(C)[C@H](OCC1c2ccccc2-c2ccccc21)C(=O)C[C@@H](C)C(=O)Nc1ccc(B2OC(C)(C)C(C)(C)O2)cc1. The number of carbonyl (C=O) groups is 2. The Kier molecular flexibility index (Phi) is 8.48. The molecule has 1 aliphatic carbocycles. The third-order valence-electron chi connectivity index (χ3n) is 8.99. The minimum atomic E-state index is -0.584. The van der Waals surface area contributed by atoms with E-state index < -0.39 is 30.3 Å². The topological polar surface area (TPSA) is 73.9 Å². The lowest BCUT2D eigenvalue weighted by Gasteiger charge is -2.32. The number of rotatable bonds is 10. The maximum Gasteiger partial charge on any atom is 0.494 e. The number of ketones is 1. The number of hydrogen-bond donors (Lipinski definition) is 1. The quantitative estimate of drug-likeness (QED) is 0.288. The van der Waals surface area contributed by atoms with E-state index in [1.165, 1.54) is 22.3 Å². The molecule has 42 heavy (non-hydrogen) atoms. The van der Waals surface area contributed by atoms with Crippen molar-refractivity contribution in [1.82, 2.24) is 0 Å². The Hall–Kier alpha value is -3.26. The van der Waals surface area contributed by atoms with Gasteiger partial charge in [-0.05, 0) is 73.5 Å². The van der Waals surface area contributed by atoms with Crippen LogP contribution in [0.25, 0.3) is 11.1 Å². The number of ether oxygens (including phenoxy) is 1. The summed E-state index contributed by atoms with van der Waals surface area (Å²) in [6, 6.07) is 24.3. The minimum absolute atomic E-state index is 0.0119. The Morgan fingerprint density at radius 2 is 1.36 bits per heavy atom. The zero-order valence-corrected chi connectivity index (χ0v) is 25.8. The first-order valence-corrected chi connectivity index (χ1v) is 15.0. The van der Waals surface area contributed by atoms with E-state index in [1.807, 2.05) is 77.9 Å². The van der Waals surface area contributed by atoms with E-state index in [0.29, 0.717) is 12.3 Å². The second-order valence-corrected chi connectivity index (χ2v) is 13.0. The molecule has 0 aromatic heterocycles. The summed E-state index contributed by atoms with van der Waals surface area (Å²) in [5, 5.41) is 2.95. The summed E-state index contributed by atoms with van der Waals surface area (Å²) in [4.78, 5) is 26.5. The number of Topliss-reactive ketones (excluding diaryl/α,β-unsaturated/α-hetero) is 1. The lowest BCUT2D eigenvalue weighted by atomic mass is 9.79. The first-order valence-electron chi connectivity index (χ1n) is 15.0. The van der Waals surface area contributed by atoms with Crippen molar-refractivity contribution in [1.29, 1.82) is 0 Å². The van der Waals surface area contributed by atoms with Gasteiger partial charge in [-0.2, -0.15) is 0 Å². The molecular formula is C35H42BNO5. The van der Waals surface area contributed by atoms with Crippen molar-refractivity contribution in [2.75, 3.05) is 11.9 Å². The number of hydrogen-bond acceptors (Lipinski definition) is 5. The molecule has 1 amide bonds. The molecule has 6 nitrogen and oxygen atoms in total. The molecule has 1 heterocycles. The first-order chi connectivity index (χ1) is 19.9. The highest BCUT2D eigenvalue weighted by atomic mass is 16.7. The summed E-state index contributed by atoms with van der Waals surface area (Å²) in [6.45, 7) is 14.3. The van der Waals surface area contributed by atoms with Crippen molar-refractivity contribution >= 4 is 30.0 Å². The molecule has 1 fully saturated rings. The molecule has 1 aliphatic heterocycles. The number of fused-ring (bicyclic) bond motifs is 3. The predicted octanol–water partition coefficient (Wildman–Crippen LogP) is 6.37. The molecule has 7 heteroatoms. The molecule has 0 bridgehead atoms. The van der Waals surface area contributed by atoms with Gasteiger partial charge >= 0.3 is 7.12 Å². The van der Waals surface area contributed by atoms with Crippen molar-refractivity contribution < 1.29 is 23.6 Å². The van der Waals surface area contributed by atoms with Crippen LogP contribution in [0.3, 0.4) is 0 Å². The number of amides is 1. The van der Waals surface area contributed by atoms with E-state index in [2.05, 4.69) is 41.7 Å². The Morgan fingerprint density at radius 1 is 0.833 bits per heavy atom. The van der Waals surface area contributed by atoms with Gasteiger partial charge in [-0.1, -0.05) is 81.4 Å². The van der Waals surface area contributed by atoms with Crippen molar-refractivity contribution in [2.24, 2.45) is 11.8 Å². The highest BCUT2D eigenvalue weighted by molar-refractivity contribution is 6.62. The van der Waals surface area contributed by atoms with E-state index in [4.69, 9.17) is 14.0 Å². The molecule has 0 radical (unpaired) electrons. The molecule has 5 rings (SSSR count). The Balaban J connectivity index is 1.18. The van der Waals surface area contributed by atoms with Gasteiger partial charge in [-0.25, -0.2) is 0 Å². The molecule has 3 aromatic rings. The van der Waals surface area contributed by atoms with Gasteiger partial charge in [0.15, 0.2) is 5.78 Å². The molecule has 3 aromatic carbocycles. The lowest BCUT2D eigenvalue weighted by molar-refractivity contribution is -0.136. The summed E-state index contributed by atoms with van der Waals surface area (Å²) >= 11 is 0. The van der Waals surface area contributed by atoms with E-state index in [1.54, 1.807) is 6.92 Å². The van der Waals surface area contributed by atoms with Gasteiger partial charge in [0.1, 0.15) is 6.10 Å². The third kappa shape index (κ3) is 5.96. The van der Waals surface area contributed by atoms with E-state index in [-0.39, 0.29) is 29.9 Å². The van der Waals surface area contributed by atoms with Gasteiger partial charge < -0.3 is 19.4 Å². The fourth-order valence-corrected chi connectivity index (χ4v) is 5.78. The highest BCUT2D eigenvalue weighted by Crippen LogP contribution is 2.44. The normalized spacial score (nSPS) is 18.4. The van der Waals surface area contributed by atoms with Crippen LogP contribution in [0.1, 0.15) is 71.9 Å². The maximum absolute atomic E-state index is 13.4. The molecule has 0 spiro atoms. The maximum atomic E-state index is 13.4. The smallest absolute Gasteiger partial charge is 0.399 e. The van der Waals surface area contributed by atoms with Crippen LogP contribution in [0.5, 0.6) is 0 Å². The van der Waals surface area contributed by atoms with Gasteiger partial charge in [0.05, 0.1) is 17.8 Å². The monoisotopic (exact) mass is 567 g/mol. The van der Waals surface area contributed by atoms with Gasteiger partial charge in [0, 0.05) is 23.9 Å². The molecule has 1 N–H and O–H groups in total. The largest absolute Gasteiger partial charge is 0.494 e. The van der Waals surface area contributed by atoms with Crippen molar-refractivity contribution in [3.63, 3.8) is 0 Å². The number of anilines is 1. The van der Waals surface area contributed by atoms with Crippen LogP contribution < -0.4 is 10.8 Å². The molecule has 0 saturated carbocycles. The standard InChI is InChI=1S/C35H42BNO5/c1-22(2)32(40-21-30-28-14-10-8-12-26(28)27-13-9-11-15-29(27)30)31(38)20-23(3)33(39)37-25-18-16-24(17-19-25)36-41-34(4,5)35(6,7)42-36/h8-19,22-23,30,32H,20-21H2,1-7H3,(H,37,39)/t23-,32+/m1/s1. The summed E-state index contributed by atoms with van der Waals surface area (Å²) in [5.41, 5.74) is 5.62. The van der Waals surface area contributed by atoms with Gasteiger partial charge in [-0.3, -0.25) is 9.59 Å². The molecule has 2 atom stereocenters. The van der Waals surface area contributed by atoms with Crippen LogP contribution >= 0.6 is 0 Å². The Bertz CT molecular complexity index is 1390. The van der Waals surface area contributed by atoms with Crippen LogP contribution in [0.4, 0.5) is 5.69 Å². The lowest BCUT2D eigenvalue weighted by Crippen LogP contribution is -2.41. The summed E-state index contributed by atoms with van der Waals surface area (Å²) in [7, 11) is -0.463. The van der Waals surface area contributed by atoms with Crippen molar-refractivity contribution in [2.45, 2.75) is 78.1 Å². The fourth-order valence-electron chi connectivity index (χ4n) is 5.78. The number of nitrogens with one attached hydrogen (secondary N) is 1. The summed E-state index contributed by atoms with van der Waals surface area (Å²) < 4.78 is 18.6. The second kappa shape index (κ2) is 11.8. The van der Waals surface area contributed by atoms with Crippen LogP contribution in [0.2, 0.25) is 0 Å². The van der Waals surface area contributed by atoms with Crippen molar-refractivity contribution in [3.8, 4) is 11.1 Å². The summed E-state index contributed by atoms with van der Waals surface area (Å²) in [6.07, 6.45) is -0.474. The number of carbonyl (C=O) groups excluding carboxylic acids is 2. The third-order valence-corrected chi connectivity index (χ3v) is 8.99. The van der Waals surface area contributed by atoms with Gasteiger partial charge in [0.25, 0.3) is 0 Å². The van der Waals surface area contributed by atoms with Crippen molar-refractivity contribution in [3.05, 3.63) is 83.9 Å². The van der Waals surface area contributed by atoms with E-state index in [0.717, 1.165) is 5.46 Å². The molecular weight excluding hydrogens is 525 g/mol. The van der Waals surface area contributed by atoms with Gasteiger partial charge in [0.2, 0.25) is 5.91 Å². The molecule has 220 valence electrons. The van der Waals surface area contributed by atoms with Crippen LogP contribution in [-0.2, 0) is 23.6 Å². The zero-order chi connectivity index (χ0) is 30.2. The number of benzene rings is 3. The second-order valence-electron chi connectivity index (χ2n) is 13.0. The van der Waals surface area contributed by atoms with Gasteiger partial charge in [-0.15, -0.1) is 0 Å². The average molecular weight is 568 g/mol. The molecule has 1 saturated heterocycles. The Labute approximate surface area is 250 Å². The summed E-state index contributed by atoms with van der Waals surface area (Å²) in [5.74, 6) is -0.691. The zero-order valence-electron chi connectivity index (χ0n) is 25.8. The van der Waals surface area contributed by atoms with E-state index in [9.17, 15) is 9.59 Å². The molecule has 2 aliphatic rings. The van der Waals surface area contributed by atoms with Crippen LogP contribution in [-0.4, -0.2) is 42.7 Å². The fraction of sp³-hybridized carbons (Fsp3) is 0.429. The minimum Gasteiger partial charge on any atom is -0.399 e. The predicted molar refractivity (Wildman–Crippen MR) is 168 cm³/mol. The molecule has 0 unspecified atom stereocenters.